The van der Waals surface area contributed by atoms with Gasteiger partial charge in [-0.2, -0.15) is 0 Å². The molecule has 4 N–H and O–H groups in total. The molecule has 0 aliphatic heterocycles. The second kappa shape index (κ2) is 12.2. The molecule has 2 aliphatic carbocycles. The number of hydrogen-bond acceptors (Lipinski definition) is 7. The van der Waals surface area contributed by atoms with Crippen LogP contribution in [0.25, 0.3) is 0 Å². The molecule has 0 radical (unpaired) electrons. The van der Waals surface area contributed by atoms with Gasteiger partial charge >= 0.3 is 0 Å². The summed E-state index contributed by atoms with van der Waals surface area (Å²) < 4.78 is 12.3. The molecule has 3 unspecified atom stereocenters. The van der Waals surface area contributed by atoms with Crippen molar-refractivity contribution in [1.29, 1.82) is 0 Å². The van der Waals surface area contributed by atoms with Gasteiger partial charge in [0.25, 0.3) is 0 Å². The summed E-state index contributed by atoms with van der Waals surface area (Å²) in [4.78, 5) is 27.3. The van der Waals surface area contributed by atoms with Crippen LogP contribution in [0.15, 0.2) is 23.8 Å². The van der Waals surface area contributed by atoms with Crippen molar-refractivity contribution < 1.29 is 34.4 Å². The lowest BCUT2D eigenvalue weighted by atomic mass is 9.87. The van der Waals surface area contributed by atoms with E-state index in [9.17, 15) is 19.8 Å². The standard InChI is InChI=1S/C24H33IN2O7/c1-3-21(30)27(12-14-4-5-14)18-10-16(24(32)26-6-7-28)11-19(22(18)31)34-23-17(25)8-15(13-29)9-20(23)33-2/h8-9,11,14,18-19,22,28-29,31H,3-7,10,12-13H2,1-2H3,(H,26,32). The number of benzene rings is 1. The van der Waals surface area contributed by atoms with Crippen LogP contribution < -0.4 is 14.8 Å². The second-order valence-corrected chi connectivity index (χ2v) is 9.79. The van der Waals surface area contributed by atoms with Crippen LogP contribution in [0.4, 0.5) is 0 Å². The minimum atomic E-state index is -1.07. The highest BCUT2D eigenvalue weighted by molar-refractivity contribution is 14.1. The Morgan fingerprint density at radius 2 is 2.00 bits per heavy atom. The van der Waals surface area contributed by atoms with E-state index in [0.29, 0.717) is 45.1 Å². The Labute approximate surface area is 213 Å². The van der Waals surface area contributed by atoms with Gasteiger partial charge in [-0.25, -0.2) is 0 Å². The van der Waals surface area contributed by atoms with Crippen molar-refractivity contribution in [3.63, 3.8) is 0 Å². The molecule has 0 aromatic heterocycles. The molecule has 1 saturated carbocycles. The summed E-state index contributed by atoms with van der Waals surface area (Å²) in [6, 6.07) is 2.78. The van der Waals surface area contributed by atoms with E-state index in [1.807, 2.05) is 0 Å². The maximum Gasteiger partial charge on any atom is 0.247 e. The summed E-state index contributed by atoms with van der Waals surface area (Å²) in [5, 5.41) is 32.6. The van der Waals surface area contributed by atoms with Gasteiger partial charge in [0.15, 0.2) is 11.5 Å². The Hall–Kier alpha value is -1.89. The summed E-state index contributed by atoms with van der Waals surface area (Å²) >= 11 is 2.07. The quantitative estimate of drug-likeness (QED) is 0.288. The first-order valence-electron chi connectivity index (χ1n) is 11.5. The van der Waals surface area contributed by atoms with Gasteiger partial charge < -0.3 is 35.0 Å². The first kappa shape index (κ1) is 26.7. The van der Waals surface area contributed by atoms with Crippen LogP contribution in [-0.2, 0) is 16.2 Å². The van der Waals surface area contributed by atoms with Crippen molar-refractivity contribution in [2.45, 2.75) is 57.5 Å². The number of aliphatic hydroxyl groups excluding tert-OH is 3. The number of ether oxygens (including phenoxy) is 2. The zero-order chi connectivity index (χ0) is 24.8. The van der Waals surface area contributed by atoms with E-state index in [1.54, 1.807) is 30.0 Å². The Bertz CT molecular complexity index is 919. The molecule has 9 nitrogen and oxygen atoms in total. The third kappa shape index (κ3) is 6.41. The van der Waals surface area contributed by atoms with Gasteiger partial charge in [0.2, 0.25) is 11.8 Å². The molecule has 2 amide bonds. The molecule has 3 rings (SSSR count). The van der Waals surface area contributed by atoms with Gasteiger partial charge in [0.05, 0.1) is 29.9 Å². The van der Waals surface area contributed by atoms with Crippen LogP contribution in [0, 0.1) is 9.49 Å². The number of nitrogens with zero attached hydrogens (tertiary/aromatic N) is 1. The van der Waals surface area contributed by atoms with Gasteiger partial charge in [-0.05, 0) is 65.1 Å². The average molecular weight is 588 g/mol. The SMILES string of the molecule is CCC(=O)N(CC1CC1)C1CC(C(=O)NCCO)=CC(Oc2c(I)cc(CO)cc2OC)C1O. The van der Waals surface area contributed by atoms with Crippen LogP contribution in [0.5, 0.6) is 11.5 Å². The van der Waals surface area contributed by atoms with E-state index in [0.717, 1.165) is 12.8 Å². The van der Waals surface area contributed by atoms with Gasteiger partial charge in [-0.1, -0.05) is 6.92 Å². The molecule has 10 heteroatoms. The van der Waals surface area contributed by atoms with E-state index >= 15 is 0 Å². The molecule has 0 spiro atoms. The van der Waals surface area contributed by atoms with Crippen molar-refractivity contribution in [1.82, 2.24) is 10.2 Å². The Kier molecular flexibility index (Phi) is 9.57. The molecule has 0 heterocycles. The topological polar surface area (TPSA) is 129 Å². The molecule has 1 aromatic rings. The lowest BCUT2D eigenvalue weighted by Crippen LogP contribution is -2.55. The van der Waals surface area contributed by atoms with Crippen molar-refractivity contribution in [2.75, 3.05) is 26.8 Å². The summed E-state index contributed by atoms with van der Waals surface area (Å²) in [6.45, 7) is 2.07. The lowest BCUT2D eigenvalue weighted by Gasteiger charge is -2.40. The van der Waals surface area contributed by atoms with Crippen LogP contribution in [0.1, 0.15) is 38.2 Å². The van der Waals surface area contributed by atoms with E-state index < -0.39 is 18.2 Å². The molecule has 1 fully saturated rings. The Morgan fingerprint density at radius 3 is 2.59 bits per heavy atom. The molecule has 188 valence electrons. The van der Waals surface area contributed by atoms with E-state index in [2.05, 4.69) is 27.9 Å². The number of carbonyl (C=O) groups is 2. The monoisotopic (exact) mass is 588 g/mol. The zero-order valence-corrected chi connectivity index (χ0v) is 21.7. The number of carbonyl (C=O) groups excluding carboxylic acids is 2. The molecule has 34 heavy (non-hydrogen) atoms. The van der Waals surface area contributed by atoms with Crippen molar-refractivity contribution in [2.24, 2.45) is 5.92 Å². The van der Waals surface area contributed by atoms with Gasteiger partial charge in [-0.15, -0.1) is 0 Å². The largest absolute Gasteiger partial charge is 0.493 e. The molecule has 1 aromatic carbocycles. The first-order chi connectivity index (χ1) is 16.3. The summed E-state index contributed by atoms with van der Waals surface area (Å²) in [6.07, 6.45) is 2.17. The van der Waals surface area contributed by atoms with Crippen molar-refractivity contribution >= 4 is 34.4 Å². The third-order valence-electron chi connectivity index (χ3n) is 6.12. The number of nitrogens with one attached hydrogen (secondary N) is 1. The number of rotatable bonds is 11. The number of aliphatic hydroxyl groups is 3. The molecule has 2 aliphatic rings. The third-order valence-corrected chi connectivity index (χ3v) is 6.92. The van der Waals surface area contributed by atoms with Crippen LogP contribution >= 0.6 is 22.6 Å². The molecule has 0 saturated heterocycles. The van der Waals surface area contributed by atoms with E-state index in [4.69, 9.17) is 14.6 Å². The van der Waals surface area contributed by atoms with Crippen molar-refractivity contribution in [3.8, 4) is 11.5 Å². The number of amides is 2. The van der Waals surface area contributed by atoms with Gasteiger partial charge in [-0.3, -0.25) is 9.59 Å². The number of methoxy groups -OCH3 is 1. The summed E-state index contributed by atoms with van der Waals surface area (Å²) in [7, 11) is 1.49. The van der Waals surface area contributed by atoms with E-state index in [1.165, 1.54) is 7.11 Å². The zero-order valence-electron chi connectivity index (χ0n) is 19.5. The minimum Gasteiger partial charge on any atom is -0.493 e. The fraction of sp³-hybridized carbons (Fsp3) is 0.583. The Balaban J connectivity index is 1.96. The van der Waals surface area contributed by atoms with Crippen LogP contribution in [0.2, 0.25) is 0 Å². The highest BCUT2D eigenvalue weighted by Gasteiger charge is 2.42. The summed E-state index contributed by atoms with van der Waals surface area (Å²) in [5.74, 6) is 0.737. The maximum absolute atomic E-state index is 12.8. The minimum absolute atomic E-state index is 0.0776. The smallest absolute Gasteiger partial charge is 0.247 e. The second-order valence-electron chi connectivity index (χ2n) is 8.63. The fourth-order valence-electron chi connectivity index (χ4n) is 4.10. The average Bonchev–Trinajstić information content (AvgIpc) is 3.66. The fourth-order valence-corrected chi connectivity index (χ4v) is 4.89. The number of hydrogen-bond donors (Lipinski definition) is 4. The predicted octanol–water partition coefficient (Wildman–Crippen LogP) is 1.36. The predicted molar refractivity (Wildman–Crippen MR) is 133 cm³/mol. The molecular formula is C24H33IN2O7. The summed E-state index contributed by atoms with van der Waals surface area (Å²) in [5.41, 5.74) is 1.04. The van der Waals surface area contributed by atoms with Crippen LogP contribution in [-0.4, -0.2) is 77.1 Å². The molecule has 3 atom stereocenters. The first-order valence-corrected chi connectivity index (χ1v) is 12.6. The van der Waals surface area contributed by atoms with Gasteiger partial charge in [0.1, 0.15) is 12.2 Å². The molecular weight excluding hydrogens is 555 g/mol. The number of halogens is 1. The highest BCUT2D eigenvalue weighted by atomic mass is 127. The van der Waals surface area contributed by atoms with Crippen LogP contribution in [0.3, 0.4) is 0 Å². The van der Waals surface area contributed by atoms with E-state index in [-0.39, 0.29) is 38.0 Å². The normalized spacial score (nSPS) is 22.1. The van der Waals surface area contributed by atoms with Gasteiger partial charge in [0, 0.05) is 31.5 Å². The maximum atomic E-state index is 12.8. The lowest BCUT2D eigenvalue weighted by molar-refractivity contribution is -0.138. The molecule has 0 bridgehead atoms. The highest BCUT2D eigenvalue weighted by Crippen LogP contribution is 2.38. The Morgan fingerprint density at radius 1 is 1.26 bits per heavy atom. The van der Waals surface area contributed by atoms with Crippen molar-refractivity contribution in [3.05, 3.63) is 32.9 Å².